The molecule has 0 aromatic heterocycles. The van der Waals surface area contributed by atoms with E-state index >= 15 is 0 Å². The van der Waals surface area contributed by atoms with Crippen LogP contribution in [0.3, 0.4) is 0 Å². The Balaban J connectivity index is 2.56. The highest BCUT2D eigenvalue weighted by atomic mass is 32.2. The van der Waals surface area contributed by atoms with Crippen molar-refractivity contribution in [1.82, 2.24) is 0 Å². The number of hydrogen-bond acceptors (Lipinski definition) is 2. The monoisotopic (exact) mass is 255 g/mol. The minimum absolute atomic E-state index is 0.0721. The summed E-state index contributed by atoms with van der Waals surface area (Å²) in [6.45, 7) is 0. The molecule has 5 heteroatoms. The zero-order valence-corrected chi connectivity index (χ0v) is 9.59. The first kappa shape index (κ1) is 12.0. The van der Waals surface area contributed by atoms with Gasteiger partial charge in [-0.3, -0.25) is 0 Å². The topological polar surface area (TPSA) is 34.1 Å². The van der Waals surface area contributed by atoms with Crippen LogP contribution in [0.1, 0.15) is 11.1 Å². The van der Waals surface area contributed by atoms with Crippen molar-refractivity contribution in [2.45, 2.75) is 5.75 Å². The number of rotatable bonds is 3. The Labute approximate surface area is 98.8 Å². The molecule has 0 spiro atoms. The third-order valence-electron chi connectivity index (χ3n) is 2.46. The van der Waals surface area contributed by atoms with Crippen LogP contribution in [0.5, 0.6) is 0 Å². The summed E-state index contributed by atoms with van der Waals surface area (Å²) < 4.78 is 46.4. The number of hydrogen-bond donors (Lipinski definition) is 1. The maximum Gasteiger partial charge on any atom is 0.340 e. The maximum absolute atomic E-state index is 12.6. The molecule has 0 aliphatic rings. The maximum atomic E-state index is 12.6. The molecule has 2 nitrogen and oxygen atoms in total. The van der Waals surface area contributed by atoms with Gasteiger partial charge in [0.25, 0.3) is 0 Å². The fraction of sp³-hybridized carbons (Fsp3) is 0.0833. The summed E-state index contributed by atoms with van der Waals surface area (Å²) in [6.07, 6.45) is -1.74. The van der Waals surface area contributed by atoms with E-state index in [1.54, 1.807) is 18.2 Å². The Morgan fingerprint density at radius 2 is 1.88 bits per heavy atom. The molecule has 0 saturated carbocycles. The van der Waals surface area contributed by atoms with E-state index in [0.29, 0.717) is 16.3 Å². The molecule has 17 heavy (non-hydrogen) atoms. The number of benzene rings is 2. The average Bonchev–Trinajstić information content (AvgIpc) is 2.26. The van der Waals surface area contributed by atoms with Crippen LogP contribution >= 0.6 is 0 Å². The molecule has 89 valence electrons. The first-order chi connectivity index (χ1) is 8.08. The molecule has 0 unspecified atom stereocenters. The third kappa shape index (κ3) is 2.61. The van der Waals surface area contributed by atoms with Crippen molar-refractivity contribution in [3.8, 4) is 0 Å². The van der Waals surface area contributed by atoms with Crippen LogP contribution in [-0.2, 0) is 16.5 Å². The molecule has 2 rings (SSSR count). The van der Waals surface area contributed by atoms with Gasteiger partial charge in [-0.05, 0) is 16.3 Å². The molecule has 0 N–H and O–H groups in total. The minimum atomic E-state index is -2.51. The number of halogens is 2. The Bertz CT molecular complexity index is 613. The summed E-state index contributed by atoms with van der Waals surface area (Å²) in [7, 11) is -2.51. The molecule has 0 aliphatic carbocycles. The first-order valence-corrected chi connectivity index (χ1v) is 6.26. The van der Waals surface area contributed by atoms with Gasteiger partial charge in [0.2, 0.25) is 0 Å². The Hall–Kier alpha value is -1.49. The van der Waals surface area contributed by atoms with Gasteiger partial charge in [-0.2, -0.15) is 8.78 Å². The van der Waals surface area contributed by atoms with Crippen LogP contribution in [-0.4, -0.2) is 8.42 Å². The molecule has 0 heterocycles. The van der Waals surface area contributed by atoms with Crippen LogP contribution in [0, 0.1) is 6.43 Å². The van der Waals surface area contributed by atoms with Gasteiger partial charge in [0.05, 0.1) is 5.75 Å². The molecule has 0 aliphatic heterocycles. The van der Waals surface area contributed by atoms with Crippen molar-refractivity contribution in [1.29, 1.82) is 0 Å². The van der Waals surface area contributed by atoms with Gasteiger partial charge in [-0.25, -0.2) is 8.42 Å². The van der Waals surface area contributed by atoms with Crippen molar-refractivity contribution in [3.63, 3.8) is 0 Å². The fourth-order valence-corrected chi connectivity index (χ4v) is 2.24. The molecule has 0 amide bonds. The lowest BCUT2D eigenvalue weighted by Crippen LogP contribution is -1.90. The van der Waals surface area contributed by atoms with Gasteiger partial charge in [-0.15, -0.1) is 0 Å². The smallest absolute Gasteiger partial charge is 0.232 e. The fourth-order valence-electron chi connectivity index (χ4n) is 1.75. The van der Waals surface area contributed by atoms with E-state index < -0.39 is 17.1 Å². The molecule has 0 saturated heterocycles. The highest BCUT2D eigenvalue weighted by Gasteiger charge is 2.13. The van der Waals surface area contributed by atoms with Gasteiger partial charge in [0.1, 0.15) is 10.7 Å². The highest BCUT2D eigenvalue weighted by molar-refractivity contribution is 7.71. The van der Waals surface area contributed by atoms with Gasteiger partial charge in [0, 0.05) is 5.56 Å². The Morgan fingerprint density at radius 1 is 1.12 bits per heavy atom. The number of thiol groups is 1. The van der Waals surface area contributed by atoms with E-state index in [1.165, 1.54) is 18.2 Å². The van der Waals surface area contributed by atoms with Crippen molar-refractivity contribution < 1.29 is 17.2 Å². The first-order valence-electron chi connectivity index (χ1n) is 4.89. The number of fused-ring (bicyclic) bond motifs is 1. The van der Waals surface area contributed by atoms with Crippen molar-refractivity contribution in [2.24, 2.45) is 0 Å². The summed E-state index contributed by atoms with van der Waals surface area (Å²) in [5.74, 6) is -0.0721. The van der Waals surface area contributed by atoms with Crippen molar-refractivity contribution >= 4 is 21.5 Å². The standard InChI is InChI=1S/C12H9F2O2S/c13-12(14)11-3-1-2-9-6-8(7-17(15)16)4-5-10(9)11/h1-6,17H,7H2. The molecule has 2 aromatic carbocycles. The van der Waals surface area contributed by atoms with Crippen LogP contribution in [0.25, 0.3) is 10.8 Å². The summed E-state index contributed by atoms with van der Waals surface area (Å²) in [5, 5.41) is 1.04. The Morgan fingerprint density at radius 3 is 2.53 bits per heavy atom. The van der Waals surface area contributed by atoms with Crippen LogP contribution in [0.4, 0.5) is 8.78 Å². The van der Waals surface area contributed by atoms with E-state index in [9.17, 15) is 17.2 Å². The SMILES string of the molecule is O=[SH](=O)Cc1ccc2c([C](F)F)cccc2c1. The highest BCUT2D eigenvalue weighted by Crippen LogP contribution is 2.27. The van der Waals surface area contributed by atoms with Crippen LogP contribution in [0.2, 0.25) is 0 Å². The third-order valence-corrected chi connectivity index (χ3v) is 3.08. The lowest BCUT2D eigenvalue weighted by molar-refractivity contribution is 0.326. The van der Waals surface area contributed by atoms with E-state index in [-0.39, 0.29) is 11.3 Å². The zero-order chi connectivity index (χ0) is 12.4. The van der Waals surface area contributed by atoms with Crippen LogP contribution < -0.4 is 0 Å². The predicted molar refractivity (Wildman–Crippen MR) is 62.5 cm³/mol. The second-order valence-electron chi connectivity index (χ2n) is 3.61. The lowest BCUT2D eigenvalue weighted by atomic mass is 10.0. The minimum Gasteiger partial charge on any atom is -0.232 e. The summed E-state index contributed by atoms with van der Waals surface area (Å²) in [6, 6.07) is 9.25. The molecule has 0 atom stereocenters. The second-order valence-corrected chi connectivity index (χ2v) is 4.59. The molecular formula is C12H9F2O2S. The normalized spacial score (nSPS) is 11.5. The van der Waals surface area contributed by atoms with E-state index in [0.717, 1.165) is 0 Å². The van der Waals surface area contributed by atoms with E-state index in [4.69, 9.17) is 0 Å². The average molecular weight is 255 g/mol. The van der Waals surface area contributed by atoms with E-state index in [1.807, 2.05) is 0 Å². The summed E-state index contributed by atoms with van der Waals surface area (Å²) >= 11 is 0. The molecule has 2 aromatic rings. The second kappa shape index (κ2) is 4.79. The van der Waals surface area contributed by atoms with Gasteiger partial charge in [0.15, 0.2) is 0 Å². The molecular weight excluding hydrogens is 246 g/mol. The van der Waals surface area contributed by atoms with Crippen molar-refractivity contribution in [3.05, 3.63) is 54.0 Å². The molecule has 1 radical (unpaired) electrons. The van der Waals surface area contributed by atoms with Gasteiger partial charge < -0.3 is 0 Å². The van der Waals surface area contributed by atoms with Gasteiger partial charge >= 0.3 is 6.43 Å². The largest absolute Gasteiger partial charge is 0.340 e. The lowest BCUT2D eigenvalue weighted by Gasteiger charge is -2.05. The zero-order valence-electron chi connectivity index (χ0n) is 8.69. The molecule has 0 fully saturated rings. The molecule has 0 bridgehead atoms. The summed E-state index contributed by atoms with van der Waals surface area (Å²) in [4.78, 5) is 0. The summed E-state index contributed by atoms with van der Waals surface area (Å²) in [5.41, 5.74) is 0.491. The van der Waals surface area contributed by atoms with Crippen molar-refractivity contribution in [2.75, 3.05) is 0 Å². The predicted octanol–water partition coefficient (Wildman–Crippen LogP) is 2.73. The van der Waals surface area contributed by atoms with Gasteiger partial charge in [-0.1, -0.05) is 36.4 Å². The Kier molecular flexibility index (Phi) is 3.38. The van der Waals surface area contributed by atoms with Crippen LogP contribution in [0.15, 0.2) is 36.4 Å². The van der Waals surface area contributed by atoms with E-state index in [2.05, 4.69) is 0 Å². The quantitative estimate of drug-likeness (QED) is 0.856.